The maximum Gasteiger partial charge on any atom is 0.253 e. The van der Waals surface area contributed by atoms with Crippen LogP contribution in [0.1, 0.15) is 34.9 Å². The third-order valence-electron chi connectivity index (χ3n) is 5.60. The van der Waals surface area contributed by atoms with Gasteiger partial charge in [0.2, 0.25) is 0 Å². The number of piperidine rings is 1. The lowest BCUT2D eigenvalue weighted by Crippen LogP contribution is -2.44. The number of hydrogen-bond donors (Lipinski definition) is 1. The predicted octanol–water partition coefficient (Wildman–Crippen LogP) is 2.18. The normalized spacial score (nSPS) is 21.8. The molecule has 1 N–H and O–H groups in total. The zero-order chi connectivity index (χ0) is 17.9. The van der Waals surface area contributed by atoms with Crippen LogP contribution in [0.3, 0.4) is 0 Å². The molecule has 2 fully saturated rings. The number of likely N-dealkylation sites (tertiary alicyclic amines) is 1. The first kappa shape index (κ1) is 17.1. The summed E-state index contributed by atoms with van der Waals surface area (Å²) in [6.45, 7) is 5.83. The monoisotopic (exact) mass is 353 g/mol. The summed E-state index contributed by atoms with van der Waals surface area (Å²) in [6, 6.07) is 8.14. The maximum absolute atomic E-state index is 12.9. The van der Waals surface area contributed by atoms with Gasteiger partial charge in [0.05, 0.1) is 0 Å². The van der Waals surface area contributed by atoms with Gasteiger partial charge in [-0.15, -0.1) is 0 Å². The molecule has 0 saturated carbocycles. The Balaban J connectivity index is 1.41. The Morgan fingerprint density at radius 3 is 2.58 bits per heavy atom. The van der Waals surface area contributed by atoms with Gasteiger partial charge >= 0.3 is 0 Å². The van der Waals surface area contributed by atoms with E-state index in [0.717, 1.165) is 63.5 Å². The third kappa shape index (κ3) is 3.60. The van der Waals surface area contributed by atoms with E-state index in [0.29, 0.717) is 5.92 Å². The van der Waals surface area contributed by atoms with Crippen LogP contribution in [0.15, 0.2) is 36.7 Å². The number of H-pyrrole nitrogens is 1. The number of aromatic amines is 1. The van der Waals surface area contributed by atoms with E-state index in [2.05, 4.69) is 38.9 Å². The molecular formula is C20H27N5O. The Kier molecular flexibility index (Phi) is 4.93. The summed E-state index contributed by atoms with van der Waals surface area (Å²) >= 11 is 0. The zero-order valence-corrected chi connectivity index (χ0v) is 15.4. The van der Waals surface area contributed by atoms with E-state index < -0.39 is 0 Å². The summed E-state index contributed by atoms with van der Waals surface area (Å²) in [5, 5.41) is 0. The van der Waals surface area contributed by atoms with E-state index in [4.69, 9.17) is 0 Å². The van der Waals surface area contributed by atoms with Crippen LogP contribution >= 0.6 is 0 Å². The van der Waals surface area contributed by atoms with Crippen LogP contribution in [-0.4, -0.2) is 72.0 Å². The standard InChI is InChI=1S/C20H27N5O/c1-23-11-13-24(14-12-23)18-6-4-16(5-7-18)20(26)25-10-2-3-17(15-25)19-21-8-9-22-19/h4-9,17H,2-3,10-15H2,1H3,(H,21,22). The molecule has 1 aromatic carbocycles. The van der Waals surface area contributed by atoms with Gasteiger partial charge < -0.3 is 19.7 Å². The molecule has 3 heterocycles. The van der Waals surface area contributed by atoms with Crippen molar-refractivity contribution < 1.29 is 4.79 Å². The molecule has 0 radical (unpaired) electrons. The molecule has 0 spiro atoms. The molecular weight excluding hydrogens is 326 g/mol. The molecule has 1 aromatic heterocycles. The second-order valence-corrected chi connectivity index (χ2v) is 7.40. The molecule has 0 bridgehead atoms. The number of aromatic nitrogens is 2. The summed E-state index contributed by atoms with van der Waals surface area (Å²) < 4.78 is 0. The maximum atomic E-state index is 12.9. The van der Waals surface area contributed by atoms with Crippen molar-refractivity contribution in [2.75, 3.05) is 51.2 Å². The zero-order valence-electron chi connectivity index (χ0n) is 15.4. The fourth-order valence-electron chi connectivity index (χ4n) is 3.95. The third-order valence-corrected chi connectivity index (χ3v) is 5.60. The van der Waals surface area contributed by atoms with Crippen molar-refractivity contribution in [2.24, 2.45) is 0 Å². The van der Waals surface area contributed by atoms with Crippen LogP contribution in [0.25, 0.3) is 0 Å². The van der Waals surface area contributed by atoms with Crippen LogP contribution in [0, 0.1) is 0 Å². The van der Waals surface area contributed by atoms with Gasteiger partial charge in [-0.2, -0.15) is 0 Å². The first-order valence-corrected chi connectivity index (χ1v) is 9.53. The lowest BCUT2D eigenvalue weighted by Gasteiger charge is -2.34. The van der Waals surface area contributed by atoms with Crippen LogP contribution in [0.4, 0.5) is 5.69 Å². The number of nitrogens with one attached hydrogen (secondary N) is 1. The topological polar surface area (TPSA) is 55.5 Å². The van der Waals surface area contributed by atoms with Crippen molar-refractivity contribution in [2.45, 2.75) is 18.8 Å². The predicted molar refractivity (Wildman–Crippen MR) is 103 cm³/mol. The Morgan fingerprint density at radius 1 is 1.12 bits per heavy atom. The lowest BCUT2D eigenvalue weighted by molar-refractivity contribution is 0.0705. The van der Waals surface area contributed by atoms with Crippen LogP contribution in [0.2, 0.25) is 0 Å². The molecule has 138 valence electrons. The quantitative estimate of drug-likeness (QED) is 0.919. The van der Waals surface area contributed by atoms with Crippen molar-refractivity contribution in [3.63, 3.8) is 0 Å². The van der Waals surface area contributed by atoms with E-state index in [-0.39, 0.29) is 5.91 Å². The first-order chi connectivity index (χ1) is 12.7. The molecule has 2 aromatic rings. The van der Waals surface area contributed by atoms with E-state index >= 15 is 0 Å². The lowest BCUT2D eigenvalue weighted by atomic mass is 9.96. The van der Waals surface area contributed by atoms with Crippen molar-refractivity contribution in [3.8, 4) is 0 Å². The minimum absolute atomic E-state index is 0.131. The molecule has 2 aliphatic heterocycles. The molecule has 6 nitrogen and oxygen atoms in total. The van der Waals surface area contributed by atoms with Crippen LogP contribution < -0.4 is 4.90 Å². The fraction of sp³-hybridized carbons (Fsp3) is 0.500. The summed E-state index contributed by atoms with van der Waals surface area (Å²) in [5.74, 6) is 1.44. The molecule has 4 rings (SSSR count). The summed E-state index contributed by atoms with van der Waals surface area (Å²) in [6.07, 6.45) is 5.75. The summed E-state index contributed by atoms with van der Waals surface area (Å²) in [5.41, 5.74) is 1.99. The number of anilines is 1. The fourth-order valence-corrected chi connectivity index (χ4v) is 3.95. The number of carbonyl (C=O) groups excluding carboxylic acids is 1. The number of piperazine rings is 1. The number of likely N-dealkylation sites (N-methyl/N-ethyl adjacent to an activating group) is 1. The first-order valence-electron chi connectivity index (χ1n) is 9.53. The molecule has 2 saturated heterocycles. The van der Waals surface area contributed by atoms with Gasteiger partial charge in [0, 0.05) is 68.8 Å². The van der Waals surface area contributed by atoms with Gasteiger partial charge in [0.1, 0.15) is 5.82 Å². The van der Waals surface area contributed by atoms with Crippen LogP contribution in [-0.2, 0) is 0 Å². The molecule has 2 aliphatic rings. The van der Waals surface area contributed by atoms with Gasteiger partial charge in [-0.3, -0.25) is 4.79 Å². The molecule has 0 aliphatic carbocycles. The molecule has 1 amide bonds. The minimum Gasteiger partial charge on any atom is -0.369 e. The smallest absolute Gasteiger partial charge is 0.253 e. The number of carbonyl (C=O) groups is 1. The van der Waals surface area contributed by atoms with Crippen molar-refractivity contribution in [1.82, 2.24) is 19.8 Å². The van der Waals surface area contributed by atoms with Gasteiger partial charge in [-0.25, -0.2) is 4.98 Å². The van der Waals surface area contributed by atoms with Crippen molar-refractivity contribution >= 4 is 11.6 Å². The Hall–Kier alpha value is -2.34. The Labute approximate surface area is 154 Å². The van der Waals surface area contributed by atoms with Gasteiger partial charge in [-0.05, 0) is 44.2 Å². The highest BCUT2D eigenvalue weighted by atomic mass is 16.2. The van der Waals surface area contributed by atoms with Crippen molar-refractivity contribution in [3.05, 3.63) is 48.0 Å². The average molecular weight is 353 g/mol. The van der Waals surface area contributed by atoms with Gasteiger partial charge in [0.15, 0.2) is 0 Å². The molecule has 6 heteroatoms. The highest BCUT2D eigenvalue weighted by Gasteiger charge is 2.27. The number of hydrogen-bond acceptors (Lipinski definition) is 4. The molecule has 26 heavy (non-hydrogen) atoms. The Bertz CT molecular complexity index is 719. The SMILES string of the molecule is CN1CCN(c2ccc(C(=O)N3CCCC(c4ncc[nH]4)C3)cc2)CC1. The van der Waals surface area contributed by atoms with E-state index in [1.807, 2.05) is 23.2 Å². The van der Waals surface area contributed by atoms with Crippen LogP contribution in [0.5, 0.6) is 0 Å². The number of nitrogens with zero attached hydrogens (tertiary/aromatic N) is 4. The van der Waals surface area contributed by atoms with E-state index in [1.54, 1.807) is 6.20 Å². The largest absolute Gasteiger partial charge is 0.369 e. The van der Waals surface area contributed by atoms with E-state index in [1.165, 1.54) is 5.69 Å². The summed E-state index contributed by atoms with van der Waals surface area (Å²) in [7, 11) is 2.16. The number of imidazole rings is 1. The number of rotatable bonds is 3. The molecule has 1 atom stereocenters. The number of benzene rings is 1. The second-order valence-electron chi connectivity index (χ2n) is 7.40. The number of amides is 1. The van der Waals surface area contributed by atoms with E-state index in [9.17, 15) is 4.79 Å². The van der Waals surface area contributed by atoms with Gasteiger partial charge in [-0.1, -0.05) is 0 Å². The Morgan fingerprint density at radius 2 is 1.88 bits per heavy atom. The average Bonchev–Trinajstić information content (AvgIpc) is 3.23. The summed E-state index contributed by atoms with van der Waals surface area (Å²) in [4.78, 5) is 27.2. The second kappa shape index (κ2) is 7.50. The van der Waals surface area contributed by atoms with Crippen molar-refractivity contribution in [1.29, 1.82) is 0 Å². The molecule has 1 unspecified atom stereocenters. The van der Waals surface area contributed by atoms with Gasteiger partial charge in [0.25, 0.3) is 5.91 Å². The minimum atomic E-state index is 0.131. The highest BCUT2D eigenvalue weighted by molar-refractivity contribution is 5.94. The highest BCUT2D eigenvalue weighted by Crippen LogP contribution is 2.26.